The van der Waals surface area contributed by atoms with Gasteiger partial charge in [-0.3, -0.25) is 10.1 Å². The van der Waals surface area contributed by atoms with E-state index in [-0.39, 0.29) is 6.04 Å². The lowest BCUT2D eigenvalue weighted by Gasteiger charge is -2.34. The van der Waals surface area contributed by atoms with Crippen LogP contribution in [-0.2, 0) is 4.79 Å². The summed E-state index contributed by atoms with van der Waals surface area (Å²) < 4.78 is 0. The van der Waals surface area contributed by atoms with Gasteiger partial charge in [-0.15, -0.1) is 0 Å². The maximum absolute atomic E-state index is 11.5. The Bertz CT molecular complexity index is 294. The van der Waals surface area contributed by atoms with Gasteiger partial charge in [-0.05, 0) is 59.0 Å². The topological polar surface area (TPSA) is 52.6 Å². The molecule has 2 N–H and O–H groups in total. The predicted octanol–water partition coefficient (Wildman–Crippen LogP) is 2.34. The zero-order valence-electron chi connectivity index (χ0n) is 12.9. The third-order valence-electron chi connectivity index (χ3n) is 4.14. The number of hydrogen-bond acceptors (Lipinski definition) is 3. The molecule has 0 bridgehead atoms. The largest absolute Gasteiger partial charge is 0.480 e. The van der Waals surface area contributed by atoms with Gasteiger partial charge in [0.05, 0.1) is 0 Å². The first kappa shape index (κ1) is 16.4. The van der Waals surface area contributed by atoms with E-state index in [0.29, 0.717) is 6.54 Å². The number of carbonyl (C=O) groups is 1. The zero-order chi connectivity index (χ0) is 14.5. The summed E-state index contributed by atoms with van der Waals surface area (Å²) in [5, 5.41) is 12.7. The minimum atomic E-state index is -0.847. The van der Waals surface area contributed by atoms with Crippen LogP contribution in [0, 0.1) is 5.92 Å². The van der Waals surface area contributed by atoms with E-state index in [1.54, 1.807) is 6.92 Å². The normalized spacial score (nSPS) is 25.0. The molecule has 1 fully saturated rings. The maximum Gasteiger partial charge on any atom is 0.324 e. The standard InChI is InChI=1S/C15H30N2O2/c1-5-13-7-6-9-17(10-8-13)11-15(4,14(18)19)16-12(2)3/h12-13,16H,5-11H2,1-4H3,(H,18,19). The third kappa shape index (κ3) is 5.11. The minimum Gasteiger partial charge on any atom is -0.480 e. The number of carboxylic acids is 1. The number of hydrogen-bond donors (Lipinski definition) is 2. The molecule has 0 saturated carbocycles. The fourth-order valence-corrected chi connectivity index (χ4v) is 3.05. The van der Waals surface area contributed by atoms with Crippen LogP contribution in [0.5, 0.6) is 0 Å². The van der Waals surface area contributed by atoms with Crippen molar-refractivity contribution in [2.45, 2.75) is 65.0 Å². The summed E-state index contributed by atoms with van der Waals surface area (Å²) in [5.74, 6) is 0.0663. The minimum absolute atomic E-state index is 0.177. The third-order valence-corrected chi connectivity index (χ3v) is 4.14. The van der Waals surface area contributed by atoms with Gasteiger partial charge in [0.2, 0.25) is 0 Å². The Morgan fingerprint density at radius 1 is 1.42 bits per heavy atom. The lowest BCUT2D eigenvalue weighted by atomic mass is 9.98. The molecule has 1 rings (SSSR count). The van der Waals surface area contributed by atoms with Crippen LogP contribution in [-0.4, -0.2) is 47.2 Å². The highest BCUT2D eigenvalue weighted by Gasteiger charge is 2.35. The highest BCUT2D eigenvalue weighted by atomic mass is 16.4. The molecule has 2 atom stereocenters. The fraction of sp³-hybridized carbons (Fsp3) is 0.933. The number of aliphatic carboxylic acids is 1. The Kier molecular flexibility index (Phi) is 6.27. The van der Waals surface area contributed by atoms with Crippen LogP contribution < -0.4 is 5.32 Å². The Morgan fingerprint density at radius 3 is 2.63 bits per heavy atom. The maximum atomic E-state index is 11.5. The molecule has 0 aliphatic carbocycles. The van der Waals surface area contributed by atoms with Gasteiger partial charge in [0.1, 0.15) is 5.54 Å². The second kappa shape index (κ2) is 7.25. The van der Waals surface area contributed by atoms with Crippen LogP contribution in [0.25, 0.3) is 0 Å². The van der Waals surface area contributed by atoms with E-state index in [2.05, 4.69) is 17.1 Å². The molecular weight excluding hydrogens is 240 g/mol. The molecular formula is C15H30N2O2. The summed E-state index contributed by atoms with van der Waals surface area (Å²) in [6.45, 7) is 10.7. The van der Waals surface area contributed by atoms with Gasteiger partial charge in [0.15, 0.2) is 0 Å². The molecule has 4 nitrogen and oxygen atoms in total. The molecule has 1 aliphatic rings. The van der Waals surface area contributed by atoms with E-state index in [0.717, 1.165) is 19.0 Å². The molecule has 112 valence electrons. The van der Waals surface area contributed by atoms with Crippen LogP contribution in [0.2, 0.25) is 0 Å². The molecule has 0 aromatic heterocycles. The quantitative estimate of drug-likeness (QED) is 0.778. The van der Waals surface area contributed by atoms with Gasteiger partial charge in [0.25, 0.3) is 0 Å². The van der Waals surface area contributed by atoms with Crippen molar-refractivity contribution in [3.63, 3.8) is 0 Å². The van der Waals surface area contributed by atoms with E-state index in [4.69, 9.17) is 0 Å². The second-order valence-corrected chi connectivity index (χ2v) is 6.42. The molecule has 1 saturated heterocycles. The van der Waals surface area contributed by atoms with Gasteiger partial charge in [0, 0.05) is 12.6 Å². The van der Waals surface area contributed by atoms with Gasteiger partial charge >= 0.3 is 5.97 Å². The van der Waals surface area contributed by atoms with E-state index in [1.807, 2.05) is 13.8 Å². The molecule has 4 heteroatoms. The molecule has 2 unspecified atom stereocenters. The van der Waals surface area contributed by atoms with Crippen molar-refractivity contribution >= 4 is 5.97 Å². The molecule has 1 heterocycles. The molecule has 0 amide bonds. The van der Waals surface area contributed by atoms with E-state index < -0.39 is 11.5 Å². The Hall–Kier alpha value is -0.610. The average Bonchev–Trinajstić information content (AvgIpc) is 2.52. The van der Waals surface area contributed by atoms with Crippen molar-refractivity contribution in [2.75, 3.05) is 19.6 Å². The van der Waals surface area contributed by atoms with Gasteiger partial charge < -0.3 is 10.0 Å². The first-order chi connectivity index (χ1) is 8.87. The second-order valence-electron chi connectivity index (χ2n) is 6.42. The van der Waals surface area contributed by atoms with Crippen LogP contribution in [0.15, 0.2) is 0 Å². The van der Waals surface area contributed by atoms with Crippen LogP contribution in [0.4, 0.5) is 0 Å². The van der Waals surface area contributed by atoms with Crippen molar-refractivity contribution in [3.8, 4) is 0 Å². The van der Waals surface area contributed by atoms with E-state index in [1.165, 1.54) is 25.7 Å². The smallest absolute Gasteiger partial charge is 0.324 e. The molecule has 1 aliphatic heterocycles. The van der Waals surface area contributed by atoms with Gasteiger partial charge in [-0.1, -0.05) is 13.3 Å². The molecule has 0 aromatic carbocycles. The summed E-state index contributed by atoms with van der Waals surface area (Å²) in [6.07, 6.45) is 4.92. The SMILES string of the molecule is CCC1CCCN(CC(C)(NC(C)C)C(=O)O)CC1. The lowest BCUT2D eigenvalue weighted by Crippen LogP contribution is -2.59. The summed E-state index contributed by atoms with van der Waals surface area (Å²) in [4.78, 5) is 13.9. The van der Waals surface area contributed by atoms with Crippen molar-refractivity contribution in [2.24, 2.45) is 5.92 Å². The summed E-state index contributed by atoms with van der Waals surface area (Å²) in [6, 6.07) is 0.177. The van der Waals surface area contributed by atoms with Crippen LogP contribution in [0.3, 0.4) is 0 Å². The first-order valence-corrected chi connectivity index (χ1v) is 7.61. The molecule has 0 radical (unpaired) electrons. The predicted molar refractivity (Wildman–Crippen MR) is 78.4 cm³/mol. The highest BCUT2D eigenvalue weighted by Crippen LogP contribution is 2.21. The van der Waals surface area contributed by atoms with E-state index >= 15 is 0 Å². The highest BCUT2D eigenvalue weighted by molar-refractivity contribution is 5.78. The lowest BCUT2D eigenvalue weighted by molar-refractivity contribution is -0.145. The number of carboxylic acid groups (broad SMARTS) is 1. The monoisotopic (exact) mass is 270 g/mol. The number of rotatable bonds is 6. The number of nitrogens with one attached hydrogen (secondary N) is 1. The summed E-state index contributed by atoms with van der Waals surface area (Å²) >= 11 is 0. The van der Waals surface area contributed by atoms with Gasteiger partial charge in [-0.25, -0.2) is 0 Å². The average molecular weight is 270 g/mol. The van der Waals surface area contributed by atoms with Crippen molar-refractivity contribution in [1.29, 1.82) is 0 Å². The molecule has 0 aromatic rings. The Balaban J connectivity index is 2.61. The first-order valence-electron chi connectivity index (χ1n) is 7.61. The van der Waals surface area contributed by atoms with Gasteiger partial charge in [-0.2, -0.15) is 0 Å². The number of nitrogens with zero attached hydrogens (tertiary/aromatic N) is 1. The van der Waals surface area contributed by atoms with Crippen LogP contribution in [0.1, 0.15) is 53.4 Å². The molecule has 19 heavy (non-hydrogen) atoms. The van der Waals surface area contributed by atoms with Crippen molar-refractivity contribution in [3.05, 3.63) is 0 Å². The Labute approximate surface area is 117 Å². The number of likely N-dealkylation sites (tertiary alicyclic amines) is 1. The van der Waals surface area contributed by atoms with Crippen molar-refractivity contribution in [1.82, 2.24) is 10.2 Å². The fourth-order valence-electron chi connectivity index (χ4n) is 3.05. The van der Waals surface area contributed by atoms with Crippen molar-refractivity contribution < 1.29 is 9.90 Å². The molecule has 0 spiro atoms. The summed E-state index contributed by atoms with van der Waals surface area (Å²) in [7, 11) is 0. The zero-order valence-corrected chi connectivity index (χ0v) is 12.9. The van der Waals surface area contributed by atoms with E-state index in [9.17, 15) is 9.90 Å². The summed E-state index contributed by atoms with van der Waals surface area (Å²) in [5.41, 5.74) is -0.847. The van der Waals surface area contributed by atoms with Crippen LogP contribution >= 0.6 is 0 Å². The Morgan fingerprint density at radius 2 is 2.11 bits per heavy atom.